The molecule has 2 unspecified atom stereocenters. The number of aromatic nitrogens is 1. The average molecular weight is 170 g/mol. The number of rotatable bonds is 0. The van der Waals surface area contributed by atoms with E-state index in [1.165, 1.54) is 11.5 Å². The third-order valence-corrected chi connectivity index (χ3v) is 2.84. The molecule has 2 atom stereocenters. The van der Waals surface area contributed by atoms with Gasteiger partial charge < -0.3 is 10.8 Å². The highest BCUT2D eigenvalue weighted by molar-refractivity contribution is 7.05. The van der Waals surface area contributed by atoms with Crippen LogP contribution in [0, 0.1) is 0 Å². The summed E-state index contributed by atoms with van der Waals surface area (Å²) in [7, 11) is 0. The molecule has 0 radical (unpaired) electrons. The smallest absolute Gasteiger partial charge is 0.0831 e. The number of hydrogen-bond acceptors (Lipinski definition) is 4. The second kappa shape index (κ2) is 2.55. The molecule has 1 aromatic rings. The van der Waals surface area contributed by atoms with Crippen molar-refractivity contribution in [2.24, 2.45) is 5.73 Å². The summed E-state index contributed by atoms with van der Waals surface area (Å²) in [5.41, 5.74) is 6.70. The van der Waals surface area contributed by atoms with E-state index in [9.17, 15) is 5.11 Å². The number of aliphatic hydroxyl groups excluding tert-OH is 1. The minimum absolute atomic E-state index is 0.109. The molecule has 0 bridgehead atoms. The van der Waals surface area contributed by atoms with E-state index in [1.807, 2.05) is 0 Å². The van der Waals surface area contributed by atoms with E-state index in [-0.39, 0.29) is 12.1 Å². The quantitative estimate of drug-likeness (QED) is 0.594. The van der Waals surface area contributed by atoms with E-state index in [0.29, 0.717) is 6.42 Å². The molecule has 0 spiro atoms. The van der Waals surface area contributed by atoms with Gasteiger partial charge in [0.15, 0.2) is 0 Å². The Morgan fingerprint density at radius 1 is 1.73 bits per heavy atom. The van der Waals surface area contributed by atoms with Crippen molar-refractivity contribution in [3.05, 3.63) is 16.6 Å². The predicted octanol–water partition coefficient (Wildman–Crippen LogP) is 0.450. The average Bonchev–Trinajstić information content (AvgIpc) is 2.34. The van der Waals surface area contributed by atoms with Gasteiger partial charge in [-0.2, -0.15) is 0 Å². The molecule has 4 heteroatoms. The zero-order chi connectivity index (χ0) is 7.84. The monoisotopic (exact) mass is 170 g/mol. The Morgan fingerprint density at radius 2 is 2.55 bits per heavy atom. The van der Waals surface area contributed by atoms with Crippen molar-refractivity contribution in [1.29, 1.82) is 0 Å². The van der Waals surface area contributed by atoms with Crippen molar-refractivity contribution in [1.82, 2.24) is 4.37 Å². The fourth-order valence-corrected chi connectivity index (χ4v) is 2.31. The van der Waals surface area contributed by atoms with Crippen LogP contribution < -0.4 is 5.73 Å². The number of hydrogen-bond donors (Lipinski definition) is 2. The molecular weight excluding hydrogens is 160 g/mol. The lowest BCUT2D eigenvalue weighted by Gasteiger charge is -2.21. The number of nitrogens with zero attached hydrogens (tertiary/aromatic N) is 1. The largest absolute Gasteiger partial charge is 0.388 e. The molecule has 0 aliphatic heterocycles. The van der Waals surface area contributed by atoms with E-state index >= 15 is 0 Å². The van der Waals surface area contributed by atoms with Crippen LogP contribution >= 0.6 is 11.5 Å². The van der Waals surface area contributed by atoms with Gasteiger partial charge in [0.1, 0.15) is 0 Å². The molecule has 3 N–H and O–H groups in total. The molecule has 60 valence electrons. The molecule has 1 aromatic heterocycles. The van der Waals surface area contributed by atoms with E-state index < -0.39 is 0 Å². The lowest BCUT2D eigenvalue weighted by Crippen LogP contribution is -2.29. The van der Waals surface area contributed by atoms with E-state index in [4.69, 9.17) is 5.73 Å². The van der Waals surface area contributed by atoms with E-state index in [2.05, 4.69) is 4.37 Å². The zero-order valence-electron chi connectivity index (χ0n) is 6.03. The van der Waals surface area contributed by atoms with Crippen molar-refractivity contribution in [3.8, 4) is 0 Å². The molecule has 0 amide bonds. The Hall–Kier alpha value is -0.450. The summed E-state index contributed by atoms with van der Waals surface area (Å²) in [5, 5.41) is 9.51. The lowest BCUT2D eigenvalue weighted by atomic mass is 9.93. The molecule has 0 aromatic carbocycles. The molecule has 1 aliphatic carbocycles. The summed E-state index contributed by atoms with van der Waals surface area (Å²) in [5.74, 6) is 0. The molecule has 0 saturated carbocycles. The molecule has 0 fully saturated rings. The van der Waals surface area contributed by atoms with Gasteiger partial charge >= 0.3 is 0 Å². The van der Waals surface area contributed by atoms with Gasteiger partial charge in [-0.3, -0.25) is 0 Å². The van der Waals surface area contributed by atoms with Gasteiger partial charge in [0.05, 0.1) is 6.10 Å². The highest BCUT2D eigenvalue weighted by Gasteiger charge is 2.24. The third kappa shape index (κ3) is 1.17. The molecule has 2 rings (SSSR count). The SMILES string of the molecule is NC1Cc2sncc2C(O)C1. The minimum atomic E-state index is -0.382. The van der Waals surface area contributed by atoms with Crippen LogP contribution in [0.3, 0.4) is 0 Å². The highest BCUT2D eigenvalue weighted by atomic mass is 32.1. The van der Waals surface area contributed by atoms with E-state index in [1.54, 1.807) is 6.20 Å². The van der Waals surface area contributed by atoms with Gasteiger partial charge in [0.25, 0.3) is 0 Å². The summed E-state index contributed by atoms with van der Waals surface area (Å²) in [6.45, 7) is 0. The maximum Gasteiger partial charge on any atom is 0.0831 e. The number of fused-ring (bicyclic) bond motifs is 1. The first-order valence-corrected chi connectivity index (χ1v) is 4.42. The highest BCUT2D eigenvalue weighted by Crippen LogP contribution is 2.30. The van der Waals surface area contributed by atoms with Crippen LogP contribution in [0.25, 0.3) is 0 Å². The first-order valence-electron chi connectivity index (χ1n) is 3.64. The van der Waals surface area contributed by atoms with Crippen LogP contribution in [-0.4, -0.2) is 15.5 Å². The first-order chi connectivity index (χ1) is 5.27. The summed E-state index contributed by atoms with van der Waals surface area (Å²) < 4.78 is 4.01. The fourth-order valence-electron chi connectivity index (χ4n) is 1.43. The summed E-state index contributed by atoms with van der Waals surface area (Å²) >= 11 is 1.44. The summed E-state index contributed by atoms with van der Waals surface area (Å²) in [4.78, 5) is 1.15. The standard InChI is InChI=1S/C7H10N2OS/c8-4-1-6(10)5-3-9-11-7(5)2-4/h3-4,6,10H,1-2,8H2. The van der Waals surface area contributed by atoms with Gasteiger partial charge in [0, 0.05) is 22.7 Å². The minimum Gasteiger partial charge on any atom is -0.388 e. The Kier molecular flexibility index (Phi) is 1.67. The molecule has 11 heavy (non-hydrogen) atoms. The molecule has 1 aliphatic rings. The predicted molar refractivity (Wildman–Crippen MR) is 43.4 cm³/mol. The topological polar surface area (TPSA) is 59.1 Å². The van der Waals surface area contributed by atoms with Crippen molar-refractivity contribution >= 4 is 11.5 Å². The maximum absolute atomic E-state index is 9.51. The number of nitrogens with two attached hydrogens (primary N) is 1. The fraction of sp³-hybridized carbons (Fsp3) is 0.571. The van der Waals surface area contributed by atoms with Gasteiger partial charge in [0.2, 0.25) is 0 Å². The zero-order valence-corrected chi connectivity index (χ0v) is 6.84. The summed E-state index contributed by atoms with van der Waals surface area (Å²) in [6, 6.07) is 0.109. The van der Waals surface area contributed by atoms with Gasteiger partial charge in [-0.05, 0) is 24.4 Å². The molecule has 3 nitrogen and oxygen atoms in total. The van der Waals surface area contributed by atoms with Crippen LogP contribution in [0.4, 0.5) is 0 Å². The van der Waals surface area contributed by atoms with E-state index in [0.717, 1.165) is 16.9 Å². The van der Waals surface area contributed by atoms with Crippen LogP contribution in [-0.2, 0) is 6.42 Å². The first kappa shape index (κ1) is 7.21. The molecule has 0 saturated heterocycles. The summed E-state index contributed by atoms with van der Waals surface area (Å²) in [6.07, 6.45) is 2.91. The second-order valence-electron chi connectivity index (χ2n) is 2.92. The Bertz CT molecular complexity index is 261. The Morgan fingerprint density at radius 3 is 3.36 bits per heavy atom. The van der Waals surface area contributed by atoms with Crippen molar-refractivity contribution in [2.45, 2.75) is 25.0 Å². The van der Waals surface area contributed by atoms with Crippen LogP contribution in [0.5, 0.6) is 0 Å². The Balaban J connectivity index is 2.36. The van der Waals surface area contributed by atoms with Crippen LogP contribution in [0.1, 0.15) is 23.0 Å². The van der Waals surface area contributed by atoms with Crippen molar-refractivity contribution in [2.75, 3.05) is 0 Å². The van der Waals surface area contributed by atoms with Crippen molar-refractivity contribution in [3.63, 3.8) is 0 Å². The van der Waals surface area contributed by atoms with Crippen LogP contribution in [0.15, 0.2) is 6.20 Å². The lowest BCUT2D eigenvalue weighted by molar-refractivity contribution is 0.149. The Labute approximate surface area is 69.0 Å². The van der Waals surface area contributed by atoms with Crippen LogP contribution in [0.2, 0.25) is 0 Å². The normalized spacial score (nSPS) is 30.0. The second-order valence-corrected chi connectivity index (χ2v) is 3.81. The van der Waals surface area contributed by atoms with Crippen molar-refractivity contribution < 1.29 is 5.11 Å². The van der Waals surface area contributed by atoms with Gasteiger partial charge in [-0.15, -0.1) is 0 Å². The van der Waals surface area contributed by atoms with Gasteiger partial charge in [-0.25, -0.2) is 4.37 Å². The molecular formula is C7H10N2OS. The number of aliphatic hydroxyl groups is 1. The van der Waals surface area contributed by atoms with Gasteiger partial charge in [-0.1, -0.05) is 0 Å². The third-order valence-electron chi connectivity index (χ3n) is 2.01. The molecule has 1 heterocycles. The maximum atomic E-state index is 9.51.